The van der Waals surface area contributed by atoms with Gasteiger partial charge in [-0.05, 0) is 79.5 Å². The largest absolute Gasteiger partial charge is 0.493 e. The van der Waals surface area contributed by atoms with E-state index >= 15 is 0 Å². The highest BCUT2D eigenvalue weighted by molar-refractivity contribution is 5.98. The third-order valence-electron chi connectivity index (χ3n) is 8.70. The fourth-order valence-electron chi connectivity index (χ4n) is 6.01. The van der Waals surface area contributed by atoms with E-state index in [4.69, 9.17) is 18.9 Å². The van der Waals surface area contributed by atoms with Crippen LogP contribution in [0.5, 0.6) is 23.1 Å². The van der Waals surface area contributed by atoms with E-state index in [0.29, 0.717) is 53.3 Å². The Hall–Kier alpha value is -4.80. The topological polar surface area (TPSA) is 128 Å². The molecule has 1 aromatic heterocycles. The number of amides is 3. The molecule has 3 aliphatic heterocycles. The molecule has 3 aromatic rings. The molecule has 4 bridgehead atoms. The van der Waals surface area contributed by atoms with Gasteiger partial charge in [0.2, 0.25) is 5.88 Å². The van der Waals surface area contributed by atoms with Gasteiger partial charge in [-0.3, -0.25) is 14.4 Å². The van der Waals surface area contributed by atoms with Crippen molar-refractivity contribution in [1.82, 2.24) is 20.5 Å². The van der Waals surface area contributed by atoms with E-state index < -0.39 is 12.1 Å². The van der Waals surface area contributed by atoms with E-state index in [1.54, 1.807) is 23.1 Å². The maximum absolute atomic E-state index is 13.9. The van der Waals surface area contributed by atoms with Crippen molar-refractivity contribution in [3.05, 3.63) is 76.5 Å². The number of aromatic nitrogens is 1. The van der Waals surface area contributed by atoms with Gasteiger partial charge in [0.1, 0.15) is 28.9 Å². The summed E-state index contributed by atoms with van der Waals surface area (Å²) < 4.78 is 23.7. The molecule has 45 heavy (non-hydrogen) atoms. The molecule has 1 saturated heterocycles. The Morgan fingerprint density at radius 1 is 1.04 bits per heavy atom. The minimum Gasteiger partial charge on any atom is -0.493 e. The van der Waals surface area contributed by atoms with Crippen molar-refractivity contribution in [2.45, 2.75) is 50.8 Å². The van der Waals surface area contributed by atoms with Crippen molar-refractivity contribution >= 4 is 17.7 Å². The van der Waals surface area contributed by atoms with Crippen LogP contribution in [0.2, 0.25) is 0 Å². The number of methoxy groups -OCH3 is 1. The predicted octanol–water partition coefficient (Wildman–Crippen LogP) is 3.08. The average Bonchev–Trinajstić information content (AvgIpc) is 3.64. The zero-order valence-electron chi connectivity index (χ0n) is 25.2. The lowest BCUT2D eigenvalue weighted by Crippen LogP contribution is -2.45. The minimum absolute atomic E-state index is 0.211. The quantitative estimate of drug-likeness (QED) is 0.450. The molecule has 11 heteroatoms. The van der Waals surface area contributed by atoms with Crippen molar-refractivity contribution in [1.29, 1.82) is 0 Å². The van der Waals surface area contributed by atoms with Crippen molar-refractivity contribution in [3.8, 4) is 23.1 Å². The van der Waals surface area contributed by atoms with Crippen LogP contribution in [0.15, 0.2) is 48.5 Å². The van der Waals surface area contributed by atoms with Gasteiger partial charge in [-0.2, -0.15) is 0 Å². The second kappa shape index (κ2) is 12.3. The van der Waals surface area contributed by atoms with E-state index in [1.165, 1.54) is 7.11 Å². The lowest BCUT2D eigenvalue weighted by Gasteiger charge is -2.21. The van der Waals surface area contributed by atoms with Gasteiger partial charge in [0.25, 0.3) is 17.7 Å². The highest BCUT2D eigenvalue weighted by atomic mass is 16.5. The molecule has 0 radical (unpaired) electrons. The summed E-state index contributed by atoms with van der Waals surface area (Å²) in [6, 6.07) is 13.7. The fraction of sp³-hybridized carbons (Fsp3) is 0.412. The predicted molar refractivity (Wildman–Crippen MR) is 163 cm³/mol. The maximum atomic E-state index is 13.9. The van der Waals surface area contributed by atoms with E-state index in [9.17, 15) is 14.4 Å². The summed E-state index contributed by atoms with van der Waals surface area (Å²) in [5.74, 6) is 1.38. The molecule has 0 unspecified atom stereocenters. The maximum Gasteiger partial charge on any atom is 0.259 e. The Balaban J connectivity index is 1.18. The zero-order valence-corrected chi connectivity index (χ0v) is 25.2. The minimum atomic E-state index is -0.530. The molecule has 11 nitrogen and oxygen atoms in total. The van der Waals surface area contributed by atoms with E-state index in [2.05, 4.69) is 15.6 Å². The number of aryl methyl sites for hydroxylation is 2. The Labute approximate surface area is 261 Å². The first-order chi connectivity index (χ1) is 21.9. The Morgan fingerprint density at radius 2 is 1.89 bits per heavy atom. The number of carbonyl (C=O) groups is 3. The lowest BCUT2D eigenvalue weighted by molar-refractivity contribution is -0.123. The lowest BCUT2D eigenvalue weighted by atomic mass is 10.1. The number of fused-ring (bicyclic) bond motifs is 8. The monoisotopic (exact) mass is 612 g/mol. The van der Waals surface area contributed by atoms with Gasteiger partial charge < -0.3 is 34.5 Å². The van der Waals surface area contributed by atoms with E-state index in [1.807, 2.05) is 30.3 Å². The number of nitrogens with one attached hydrogen (secondary N) is 2. The number of ether oxygens (including phenoxy) is 4. The molecule has 2 aliphatic carbocycles. The average molecular weight is 613 g/mol. The number of benzene rings is 2. The molecular weight excluding hydrogens is 576 g/mol. The molecule has 2 N–H and O–H groups in total. The number of carbonyl (C=O) groups excluding carboxylic acids is 3. The molecule has 1 saturated carbocycles. The van der Waals surface area contributed by atoms with E-state index in [-0.39, 0.29) is 37.4 Å². The molecular formula is C34H36N4O7. The first-order valence-corrected chi connectivity index (χ1v) is 15.5. The number of nitrogens with zero attached hydrogens (tertiary/aromatic N) is 2. The SMILES string of the molecule is COc1nc2c(cc1C(=O)N1C[C@@H]3NC(=O)c4cc(cc(OCC5CC5)c4)OCC(=O)NCc4ccc(cc4)O[C@H]3C1)CCC2. The van der Waals surface area contributed by atoms with Gasteiger partial charge in [-0.25, -0.2) is 4.98 Å². The molecule has 0 spiro atoms. The molecule has 2 atom stereocenters. The van der Waals surface area contributed by atoms with Crippen LogP contribution in [0.4, 0.5) is 0 Å². The second-order valence-corrected chi connectivity index (χ2v) is 12.1. The summed E-state index contributed by atoms with van der Waals surface area (Å²) >= 11 is 0. The van der Waals surface area contributed by atoms with Gasteiger partial charge in [-0.15, -0.1) is 0 Å². The molecule has 234 valence electrons. The molecule has 2 aromatic carbocycles. The van der Waals surface area contributed by atoms with Crippen molar-refractivity contribution in [2.75, 3.05) is 33.4 Å². The van der Waals surface area contributed by atoms with Crippen LogP contribution < -0.4 is 29.6 Å². The van der Waals surface area contributed by atoms with Crippen LogP contribution in [-0.4, -0.2) is 73.2 Å². The van der Waals surface area contributed by atoms with Crippen LogP contribution in [-0.2, 0) is 24.2 Å². The molecule has 4 heterocycles. The Morgan fingerprint density at radius 3 is 2.69 bits per heavy atom. The van der Waals surface area contributed by atoms with Crippen LogP contribution >= 0.6 is 0 Å². The smallest absolute Gasteiger partial charge is 0.259 e. The molecule has 2 fully saturated rings. The van der Waals surface area contributed by atoms with Gasteiger partial charge in [0.05, 0.1) is 26.3 Å². The highest BCUT2D eigenvalue weighted by Crippen LogP contribution is 2.32. The van der Waals surface area contributed by atoms with Crippen LogP contribution in [0.25, 0.3) is 0 Å². The summed E-state index contributed by atoms with van der Waals surface area (Å²) in [5.41, 5.74) is 3.67. The number of likely N-dealkylation sites (tertiary alicyclic amines) is 1. The highest BCUT2D eigenvalue weighted by Gasteiger charge is 2.39. The number of hydrogen-bond donors (Lipinski definition) is 2. The number of pyridine rings is 1. The fourth-order valence-corrected chi connectivity index (χ4v) is 6.01. The summed E-state index contributed by atoms with van der Waals surface area (Å²) in [6.07, 6.45) is 4.47. The second-order valence-electron chi connectivity index (χ2n) is 12.1. The van der Waals surface area contributed by atoms with Crippen molar-refractivity contribution < 1.29 is 33.3 Å². The molecule has 3 amide bonds. The summed E-state index contributed by atoms with van der Waals surface area (Å²) in [6.45, 7) is 1.15. The molecule has 5 aliphatic rings. The zero-order chi connectivity index (χ0) is 30.9. The van der Waals surface area contributed by atoms with Gasteiger partial charge >= 0.3 is 0 Å². The standard InChI is InChI=1S/C34H36N4O7/c1-42-33-27(13-22-3-2-4-28(22)37-33)34(41)38-16-29-30(17-38)45-24-9-7-20(8-10-24)15-35-31(39)19-44-26-12-23(32(40)36-29)11-25(14-26)43-18-21-5-6-21/h7-14,21,29-30H,2-6,15-19H2,1H3,(H,35,39)(H,36,40)/t29-,30-/m0/s1. The summed E-state index contributed by atoms with van der Waals surface area (Å²) in [5, 5.41) is 5.95. The number of hydrogen-bond acceptors (Lipinski definition) is 8. The van der Waals surface area contributed by atoms with Gasteiger partial charge in [0, 0.05) is 30.4 Å². The number of rotatable bonds is 5. The normalized spacial score (nSPS) is 21.0. The van der Waals surface area contributed by atoms with Crippen molar-refractivity contribution in [3.63, 3.8) is 0 Å². The molecule has 8 rings (SSSR count). The van der Waals surface area contributed by atoms with Gasteiger partial charge in [0.15, 0.2) is 6.61 Å². The Kier molecular flexibility index (Phi) is 7.91. The summed E-state index contributed by atoms with van der Waals surface area (Å²) in [4.78, 5) is 46.5. The van der Waals surface area contributed by atoms with E-state index in [0.717, 1.165) is 48.9 Å². The third kappa shape index (κ3) is 6.52. The van der Waals surface area contributed by atoms with Crippen LogP contribution in [0.3, 0.4) is 0 Å². The third-order valence-corrected chi connectivity index (χ3v) is 8.70. The van der Waals surface area contributed by atoms with Crippen molar-refractivity contribution in [2.24, 2.45) is 5.92 Å². The van der Waals surface area contributed by atoms with Crippen LogP contribution in [0.1, 0.15) is 56.8 Å². The Bertz CT molecular complexity index is 1620. The van der Waals surface area contributed by atoms with Gasteiger partial charge in [-0.1, -0.05) is 12.1 Å². The first-order valence-electron chi connectivity index (χ1n) is 15.5. The summed E-state index contributed by atoms with van der Waals surface area (Å²) in [7, 11) is 1.52. The first kappa shape index (κ1) is 28.9. The van der Waals surface area contributed by atoms with Crippen LogP contribution in [0, 0.1) is 5.92 Å².